The minimum atomic E-state index is -0.505. The van der Waals surface area contributed by atoms with Crippen molar-refractivity contribution in [1.82, 2.24) is 10.6 Å². The summed E-state index contributed by atoms with van der Waals surface area (Å²) in [5, 5.41) is 16.6. The predicted octanol–water partition coefficient (Wildman–Crippen LogP) is 3.44. The molecule has 1 saturated carbocycles. The van der Waals surface area contributed by atoms with E-state index in [1.165, 1.54) is 0 Å². The zero-order valence-corrected chi connectivity index (χ0v) is 14.6. The Hall–Kier alpha value is -1.46. The van der Waals surface area contributed by atoms with Gasteiger partial charge in [0, 0.05) is 29.7 Å². The molecular weight excluding hydrogens is 316 g/mol. The molecule has 1 atom stereocenters. The highest BCUT2D eigenvalue weighted by molar-refractivity contribution is 6.31. The maximum Gasteiger partial charge on any atom is 0.407 e. The second-order valence-corrected chi connectivity index (χ2v) is 7.37. The number of phenols is 1. The van der Waals surface area contributed by atoms with Crippen molar-refractivity contribution < 1.29 is 14.6 Å². The lowest BCUT2D eigenvalue weighted by Gasteiger charge is -2.24. The highest BCUT2D eigenvalue weighted by Gasteiger charge is 2.33. The van der Waals surface area contributed by atoms with E-state index < -0.39 is 11.7 Å². The molecule has 1 aromatic carbocycles. The Morgan fingerprint density at radius 1 is 1.43 bits per heavy atom. The molecule has 1 unspecified atom stereocenters. The summed E-state index contributed by atoms with van der Waals surface area (Å²) in [6.07, 6.45) is 1.83. The van der Waals surface area contributed by atoms with Gasteiger partial charge in [0.25, 0.3) is 0 Å². The number of aromatic hydroxyl groups is 1. The van der Waals surface area contributed by atoms with Gasteiger partial charge in [-0.3, -0.25) is 0 Å². The van der Waals surface area contributed by atoms with Crippen LogP contribution in [0.1, 0.15) is 39.2 Å². The van der Waals surface area contributed by atoms with Crippen molar-refractivity contribution in [3.8, 4) is 5.75 Å². The van der Waals surface area contributed by atoms with Crippen LogP contribution in [0.25, 0.3) is 0 Å². The fourth-order valence-electron chi connectivity index (χ4n) is 2.37. The van der Waals surface area contributed by atoms with E-state index in [9.17, 15) is 9.90 Å². The predicted molar refractivity (Wildman–Crippen MR) is 90.7 cm³/mol. The zero-order chi connectivity index (χ0) is 17.0. The van der Waals surface area contributed by atoms with Crippen LogP contribution in [0.3, 0.4) is 0 Å². The van der Waals surface area contributed by atoms with Gasteiger partial charge in [-0.25, -0.2) is 4.79 Å². The first-order valence-corrected chi connectivity index (χ1v) is 8.30. The Labute approximate surface area is 142 Å². The Morgan fingerprint density at radius 3 is 2.70 bits per heavy atom. The number of halogens is 1. The first-order valence-electron chi connectivity index (χ1n) is 7.93. The lowest BCUT2D eigenvalue weighted by atomic mass is 10.1. The third-order valence-electron chi connectivity index (χ3n) is 3.65. The quantitative estimate of drug-likeness (QED) is 0.742. The standard InChI is InChI=1S/C17H25ClN2O3/c1-17(2,3)23-16(22)20-14(11-7-8-11)10-19-9-12-13(18)5-4-6-15(12)21/h4-6,11,14,19,21H,7-10H2,1-3H3,(H,20,22). The summed E-state index contributed by atoms with van der Waals surface area (Å²) in [6, 6.07) is 5.09. The molecule has 2 rings (SSSR count). The van der Waals surface area contributed by atoms with Crippen LogP contribution >= 0.6 is 11.6 Å². The van der Waals surface area contributed by atoms with E-state index in [4.69, 9.17) is 16.3 Å². The van der Waals surface area contributed by atoms with Gasteiger partial charge in [0.15, 0.2) is 0 Å². The van der Waals surface area contributed by atoms with Crippen molar-refractivity contribution in [2.75, 3.05) is 6.54 Å². The fraction of sp³-hybridized carbons (Fsp3) is 0.588. The molecule has 0 aromatic heterocycles. The maximum atomic E-state index is 11.9. The molecule has 3 N–H and O–H groups in total. The third-order valence-corrected chi connectivity index (χ3v) is 4.01. The molecule has 128 valence electrons. The van der Waals surface area contributed by atoms with Gasteiger partial charge < -0.3 is 20.5 Å². The van der Waals surface area contributed by atoms with Gasteiger partial charge in [0.1, 0.15) is 11.4 Å². The van der Waals surface area contributed by atoms with E-state index in [1.54, 1.807) is 18.2 Å². The number of benzene rings is 1. The number of phenolic OH excluding ortho intramolecular Hbond substituents is 1. The first kappa shape index (κ1) is 17.9. The van der Waals surface area contributed by atoms with Crippen molar-refractivity contribution in [3.05, 3.63) is 28.8 Å². The van der Waals surface area contributed by atoms with Crippen LogP contribution in [0.15, 0.2) is 18.2 Å². The zero-order valence-electron chi connectivity index (χ0n) is 13.9. The average molecular weight is 341 g/mol. The van der Waals surface area contributed by atoms with E-state index >= 15 is 0 Å². The molecule has 6 heteroatoms. The van der Waals surface area contributed by atoms with Gasteiger partial charge in [0.2, 0.25) is 0 Å². The van der Waals surface area contributed by atoms with Crippen LogP contribution in [0.5, 0.6) is 5.75 Å². The lowest BCUT2D eigenvalue weighted by Crippen LogP contribution is -2.45. The van der Waals surface area contributed by atoms with Crippen LogP contribution in [0.2, 0.25) is 5.02 Å². The van der Waals surface area contributed by atoms with Gasteiger partial charge in [0.05, 0.1) is 0 Å². The van der Waals surface area contributed by atoms with Crippen LogP contribution in [-0.4, -0.2) is 29.4 Å². The average Bonchev–Trinajstić information content (AvgIpc) is 3.23. The number of ether oxygens (including phenoxy) is 1. The van der Waals surface area contributed by atoms with E-state index in [-0.39, 0.29) is 11.8 Å². The third kappa shape index (κ3) is 5.92. The Balaban J connectivity index is 1.85. The van der Waals surface area contributed by atoms with Crippen LogP contribution in [0.4, 0.5) is 4.79 Å². The van der Waals surface area contributed by atoms with Crippen LogP contribution < -0.4 is 10.6 Å². The molecule has 1 aliphatic carbocycles. The molecule has 0 heterocycles. The number of hydrogen-bond donors (Lipinski definition) is 3. The molecule has 23 heavy (non-hydrogen) atoms. The SMILES string of the molecule is CC(C)(C)OC(=O)NC(CNCc1c(O)cccc1Cl)C1CC1. The summed E-state index contributed by atoms with van der Waals surface area (Å²) in [6.45, 7) is 6.59. The molecule has 1 aromatic rings. The van der Waals surface area contributed by atoms with E-state index in [0.717, 1.165) is 12.8 Å². The summed E-state index contributed by atoms with van der Waals surface area (Å²) in [5.74, 6) is 0.655. The largest absolute Gasteiger partial charge is 0.508 e. The monoisotopic (exact) mass is 340 g/mol. The molecule has 1 fully saturated rings. The van der Waals surface area contributed by atoms with Gasteiger partial charge in [-0.2, -0.15) is 0 Å². The number of hydrogen-bond acceptors (Lipinski definition) is 4. The lowest BCUT2D eigenvalue weighted by molar-refractivity contribution is 0.0497. The van der Waals surface area contributed by atoms with E-state index in [0.29, 0.717) is 29.6 Å². The van der Waals surface area contributed by atoms with E-state index in [2.05, 4.69) is 10.6 Å². The van der Waals surface area contributed by atoms with Crippen LogP contribution in [0, 0.1) is 5.92 Å². The van der Waals surface area contributed by atoms with E-state index in [1.807, 2.05) is 20.8 Å². The number of amides is 1. The highest BCUT2D eigenvalue weighted by Crippen LogP contribution is 2.32. The Morgan fingerprint density at radius 2 is 2.13 bits per heavy atom. The number of carbonyl (C=O) groups excluding carboxylic acids is 1. The van der Waals surface area contributed by atoms with Crippen molar-refractivity contribution in [2.45, 2.75) is 51.8 Å². The molecule has 0 saturated heterocycles. The van der Waals surface area contributed by atoms with Crippen molar-refractivity contribution >= 4 is 17.7 Å². The summed E-state index contributed by atoms with van der Waals surface area (Å²) in [4.78, 5) is 11.9. The molecular formula is C17H25ClN2O3. The molecule has 1 aliphatic rings. The molecule has 0 radical (unpaired) electrons. The van der Waals surface area contributed by atoms with Gasteiger partial charge in [-0.15, -0.1) is 0 Å². The fourth-order valence-corrected chi connectivity index (χ4v) is 2.60. The molecule has 0 aliphatic heterocycles. The normalized spacial score (nSPS) is 16.0. The highest BCUT2D eigenvalue weighted by atomic mass is 35.5. The number of nitrogens with one attached hydrogen (secondary N) is 2. The Kier molecular flexibility index (Phi) is 5.76. The maximum absolute atomic E-state index is 11.9. The number of carbonyl (C=O) groups is 1. The van der Waals surface area contributed by atoms with Crippen LogP contribution in [-0.2, 0) is 11.3 Å². The second-order valence-electron chi connectivity index (χ2n) is 6.96. The first-order chi connectivity index (χ1) is 10.8. The summed E-state index contributed by atoms with van der Waals surface area (Å²) in [7, 11) is 0. The number of alkyl carbamates (subject to hydrolysis) is 1. The topological polar surface area (TPSA) is 70.6 Å². The smallest absolute Gasteiger partial charge is 0.407 e. The minimum Gasteiger partial charge on any atom is -0.508 e. The number of rotatable bonds is 6. The van der Waals surface area contributed by atoms with Gasteiger partial charge in [-0.05, 0) is 51.7 Å². The molecule has 0 bridgehead atoms. The summed E-state index contributed by atoms with van der Waals surface area (Å²) in [5.41, 5.74) is 0.163. The second kappa shape index (κ2) is 7.41. The van der Waals surface area contributed by atoms with Gasteiger partial charge >= 0.3 is 6.09 Å². The van der Waals surface area contributed by atoms with Crippen molar-refractivity contribution in [3.63, 3.8) is 0 Å². The van der Waals surface area contributed by atoms with Gasteiger partial charge in [-0.1, -0.05) is 17.7 Å². The summed E-state index contributed by atoms with van der Waals surface area (Å²) >= 11 is 6.09. The molecule has 0 spiro atoms. The summed E-state index contributed by atoms with van der Waals surface area (Å²) < 4.78 is 5.31. The Bertz CT molecular complexity index is 533. The molecule has 5 nitrogen and oxygen atoms in total. The van der Waals surface area contributed by atoms with Crippen molar-refractivity contribution in [2.24, 2.45) is 5.92 Å². The minimum absolute atomic E-state index is 0.0227. The molecule has 1 amide bonds. The van der Waals surface area contributed by atoms with Crippen molar-refractivity contribution in [1.29, 1.82) is 0 Å².